The topological polar surface area (TPSA) is 66.3 Å². The standard InChI is InChI=1S/C38H31N5/c39-24-25-21-27(23-28(22-25)43-37-19-4-3-12-31(37)32-14-8-20-40-38(32)43)33-15-6-17-35(41-33)36-18-7-16-34(42-36)30-13-5-10-26-9-1-2-11-29(26)30/h1,3-4,7,9,12-13,15-16,18-23H,2,5-6,8,10-11,14,17H2. The Morgan fingerprint density at radius 1 is 0.814 bits per heavy atom. The van der Waals surface area contributed by atoms with Gasteiger partial charge in [-0.1, -0.05) is 48.6 Å². The Morgan fingerprint density at radius 3 is 2.67 bits per heavy atom. The summed E-state index contributed by atoms with van der Waals surface area (Å²) < 4.78 is 2.20. The van der Waals surface area contributed by atoms with E-state index in [4.69, 9.17) is 15.0 Å². The van der Waals surface area contributed by atoms with E-state index in [2.05, 4.69) is 83.5 Å². The summed E-state index contributed by atoms with van der Waals surface area (Å²) in [7, 11) is 0. The quantitative estimate of drug-likeness (QED) is 0.251. The maximum Gasteiger partial charge on any atom is 0.141 e. The van der Waals surface area contributed by atoms with Crippen LogP contribution in [0.4, 0.5) is 5.82 Å². The van der Waals surface area contributed by atoms with Gasteiger partial charge in [0, 0.05) is 28.4 Å². The summed E-state index contributed by atoms with van der Waals surface area (Å²) in [5, 5.41) is 11.3. The number of nitriles is 1. The Morgan fingerprint density at radius 2 is 1.72 bits per heavy atom. The van der Waals surface area contributed by atoms with Gasteiger partial charge in [0.15, 0.2) is 0 Å². The normalized spacial score (nSPS) is 17.6. The van der Waals surface area contributed by atoms with Crippen molar-refractivity contribution in [1.29, 1.82) is 5.26 Å². The average Bonchev–Trinajstić information content (AvgIpc) is 3.42. The van der Waals surface area contributed by atoms with Gasteiger partial charge in [-0.25, -0.2) is 9.98 Å². The Labute approximate surface area is 251 Å². The third-order valence-electron chi connectivity index (χ3n) is 8.94. The molecule has 2 aromatic heterocycles. The second kappa shape index (κ2) is 10.6. The lowest BCUT2D eigenvalue weighted by Gasteiger charge is -2.23. The van der Waals surface area contributed by atoms with Gasteiger partial charge in [0.1, 0.15) is 5.82 Å². The second-order valence-corrected chi connectivity index (χ2v) is 11.6. The Hall–Kier alpha value is -5.08. The van der Waals surface area contributed by atoms with Crippen molar-refractivity contribution in [2.45, 2.75) is 51.4 Å². The van der Waals surface area contributed by atoms with E-state index in [-0.39, 0.29) is 0 Å². The summed E-state index contributed by atoms with van der Waals surface area (Å²) in [6, 6.07) is 23.2. The van der Waals surface area contributed by atoms with Crippen molar-refractivity contribution in [3.05, 3.63) is 124 Å². The lowest BCUT2D eigenvalue weighted by molar-refractivity contribution is 0.889. The fraction of sp³-hybridized carbons (Fsp3) is 0.211. The molecule has 5 nitrogen and oxygen atoms in total. The molecule has 0 amide bonds. The van der Waals surface area contributed by atoms with Crippen molar-refractivity contribution >= 4 is 39.9 Å². The third kappa shape index (κ3) is 4.51. The van der Waals surface area contributed by atoms with Gasteiger partial charge in [0.25, 0.3) is 0 Å². The maximum absolute atomic E-state index is 10.0. The predicted octanol–water partition coefficient (Wildman–Crippen LogP) is 8.99. The molecule has 0 fully saturated rings. The van der Waals surface area contributed by atoms with E-state index in [1.54, 1.807) is 0 Å². The molecule has 0 bridgehead atoms. The number of aromatic nitrogens is 2. The molecule has 0 saturated carbocycles. The van der Waals surface area contributed by atoms with Crippen LogP contribution in [0.3, 0.4) is 0 Å². The molecule has 2 aromatic carbocycles. The minimum atomic E-state index is 0.608. The van der Waals surface area contributed by atoms with Crippen molar-refractivity contribution in [3.8, 4) is 11.8 Å². The summed E-state index contributed by atoms with van der Waals surface area (Å²) in [6.45, 7) is 0. The number of hydrogen-bond donors (Lipinski definition) is 0. The first-order chi connectivity index (χ1) is 21.3. The summed E-state index contributed by atoms with van der Waals surface area (Å²) in [4.78, 5) is 15.1. The van der Waals surface area contributed by atoms with E-state index in [1.165, 1.54) is 27.7 Å². The van der Waals surface area contributed by atoms with Gasteiger partial charge < -0.3 is 0 Å². The molecule has 8 rings (SSSR count). The summed E-state index contributed by atoms with van der Waals surface area (Å²) >= 11 is 0. The highest BCUT2D eigenvalue weighted by Gasteiger charge is 2.22. The van der Waals surface area contributed by atoms with Crippen LogP contribution in [0.15, 0.2) is 106 Å². The molecule has 0 atom stereocenters. The minimum absolute atomic E-state index is 0.608. The van der Waals surface area contributed by atoms with Gasteiger partial charge in [-0.15, -0.1) is 0 Å². The largest absolute Gasteiger partial charge is 0.294 e. The smallest absolute Gasteiger partial charge is 0.141 e. The number of aliphatic imine (C=N–C) groups is 2. The minimum Gasteiger partial charge on any atom is -0.294 e. The van der Waals surface area contributed by atoms with Gasteiger partial charge >= 0.3 is 0 Å². The first-order valence-corrected chi connectivity index (χ1v) is 15.3. The van der Waals surface area contributed by atoms with Crippen molar-refractivity contribution in [2.75, 3.05) is 0 Å². The van der Waals surface area contributed by atoms with Crippen LogP contribution in [0.5, 0.6) is 0 Å². The zero-order valence-electron chi connectivity index (χ0n) is 24.1. The van der Waals surface area contributed by atoms with E-state index in [1.807, 2.05) is 18.3 Å². The highest BCUT2D eigenvalue weighted by atomic mass is 15.1. The molecule has 0 N–H and O–H groups in total. The van der Waals surface area contributed by atoms with Gasteiger partial charge in [-0.2, -0.15) is 5.26 Å². The average molecular weight is 558 g/mol. The van der Waals surface area contributed by atoms with E-state index < -0.39 is 0 Å². The fourth-order valence-corrected chi connectivity index (χ4v) is 6.97. The Balaban J connectivity index is 1.19. The lowest BCUT2D eigenvalue weighted by Crippen LogP contribution is -2.10. The molecular weight excluding hydrogens is 526 g/mol. The van der Waals surface area contributed by atoms with Crippen molar-refractivity contribution in [2.24, 2.45) is 9.98 Å². The highest BCUT2D eigenvalue weighted by molar-refractivity contribution is 6.03. The van der Waals surface area contributed by atoms with Crippen LogP contribution in [-0.2, 0) is 6.42 Å². The van der Waals surface area contributed by atoms with Crippen LogP contribution in [0.2, 0.25) is 0 Å². The number of pyridine rings is 1. The van der Waals surface area contributed by atoms with Crippen molar-refractivity contribution < 1.29 is 0 Å². The zero-order chi connectivity index (χ0) is 28.8. The molecule has 2 aliphatic carbocycles. The molecule has 2 aliphatic heterocycles. The highest BCUT2D eigenvalue weighted by Crippen LogP contribution is 2.40. The van der Waals surface area contributed by atoms with Gasteiger partial charge in [0.2, 0.25) is 0 Å². The van der Waals surface area contributed by atoms with Crippen LogP contribution in [0.25, 0.3) is 27.9 Å². The molecule has 4 aromatic rings. The first kappa shape index (κ1) is 25.6. The first-order valence-electron chi connectivity index (χ1n) is 15.3. The van der Waals surface area contributed by atoms with Crippen LogP contribution < -0.4 is 0 Å². The molecule has 5 heteroatoms. The van der Waals surface area contributed by atoms with Crippen LogP contribution >= 0.6 is 0 Å². The number of aryl methyl sites for hydroxylation is 1. The summed E-state index contributed by atoms with van der Waals surface area (Å²) in [5.41, 5.74) is 12.9. The van der Waals surface area contributed by atoms with Gasteiger partial charge in [-0.05, 0) is 104 Å². The summed E-state index contributed by atoms with van der Waals surface area (Å²) in [6.07, 6.45) is 19.1. The number of para-hydroxylation sites is 1. The van der Waals surface area contributed by atoms with Gasteiger partial charge in [0.05, 0.1) is 39.9 Å². The number of benzene rings is 2. The molecule has 43 heavy (non-hydrogen) atoms. The van der Waals surface area contributed by atoms with Crippen LogP contribution in [0.1, 0.15) is 73.0 Å². The SMILES string of the molecule is N#Cc1cc(C2=CCCC(c3cccc(C4=CCCC5=C4CCC=C5)n3)=N2)cc(-n2c3c(c4ccccc42)CCC=N3)c1. The number of nitrogens with zero attached hydrogens (tertiary/aromatic N) is 5. The third-order valence-corrected chi connectivity index (χ3v) is 8.94. The number of hydrogen-bond acceptors (Lipinski definition) is 4. The monoisotopic (exact) mass is 557 g/mol. The molecule has 0 radical (unpaired) electrons. The van der Waals surface area contributed by atoms with Crippen LogP contribution in [-0.4, -0.2) is 21.5 Å². The van der Waals surface area contributed by atoms with Crippen molar-refractivity contribution in [3.63, 3.8) is 0 Å². The number of allylic oxidation sites excluding steroid dienone is 7. The molecule has 4 heterocycles. The number of rotatable bonds is 4. The fourth-order valence-electron chi connectivity index (χ4n) is 6.97. The number of fused-ring (bicyclic) bond motifs is 3. The van der Waals surface area contributed by atoms with E-state index in [0.29, 0.717) is 5.56 Å². The lowest BCUT2D eigenvalue weighted by atomic mass is 9.83. The zero-order valence-corrected chi connectivity index (χ0v) is 24.1. The van der Waals surface area contributed by atoms with E-state index in [9.17, 15) is 5.26 Å². The van der Waals surface area contributed by atoms with Crippen molar-refractivity contribution in [1.82, 2.24) is 9.55 Å². The van der Waals surface area contributed by atoms with E-state index in [0.717, 1.165) is 96.7 Å². The summed E-state index contributed by atoms with van der Waals surface area (Å²) in [5.74, 6) is 0.958. The molecule has 208 valence electrons. The second-order valence-electron chi connectivity index (χ2n) is 11.6. The van der Waals surface area contributed by atoms with Crippen LogP contribution in [0, 0.1) is 11.3 Å². The van der Waals surface area contributed by atoms with Gasteiger partial charge in [-0.3, -0.25) is 9.56 Å². The molecule has 0 spiro atoms. The Bertz CT molecular complexity index is 2040. The Kier molecular flexibility index (Phi) is 6.34. The molecular formula is C38H31N5. The molecule has 0 saturated heterocycles. The maximum atomic E-state index is 10.0. The molecule has 0 unspecified atom stereocenters. The van der Waals surface area contributed by atoms with E-state index >= 15 is 0 Å². The predicted molar refractivity (Wildman–Crippen MR) is 175 cm³/mol. The molecule has 4 aliphatic rings.